The zero-order chi connectivity index (χ0) is 19.8. The second-order valence-electron chi connectivity index (χ2n) is 7.35. The van der Waals surface area contributed by atoms with E-state index < -0.39 is 6.29 Å². The molecule has 8 nitrogen and oxygen atoms in total. The summed E-state index contributed by atoms with van der Waals surface area (Å²) in [6, 6.07) is 13.2. The number of fused-ring (bicyclic) bond motifs is 2. The Morgan fingerprint density at radius 2 is 1.79 bits per heavy atom. The zero-order valence-electron chi connectivity index (χ0n) is 16.2. The first-order valence-electron chi connectivity index (χ1n) is 9.79. The maximum atomic E-state index is 12.8. The molecule has 0 unspecified atom stereocenters. The van der Waals surface area contributed by atoms with Gasteiger partial charge in [0, 0.05) is 26.2 Å². The normalized spacial score (nSPS) is 17.1. The van der Waals surface area contributed by atoms with Gasteiger partial charge in [0.2, 0.25) is 0 Å². The van der Waals surface area contributed by atoms with Gasteiger partial charge < -0.3 is 24.6 Å². The van der Waals surface area contributed by atoms with Crippen molar-refractivity contribution < 1.29 is 14.3 Å². The van der Waals surface area contributed by atoms with Gasteiger partial charge in [0.25, 0.3) is 6.29 Å². The van der Waals surface area contributed by atoms with Crippen LogP contribution in [0.3, 0.4) is 0 Å². The highest BCUT2D eigenvalue weighted by Crippen LogP contribution is 2.33. The molecule has 2 aliphatic rings. The van der Waals surface area contributed by atoms with Crippen LogP contribution in [0.1, 0.15) is 0 Å². The van der Waals surface area contributed by atoms with E-state index in [9.17, 15) is 4.79 Å². The average Bonchev–Trinajstić information content (AvgIpc) is 3.36. The molecule has 8 heteroatoms. The number of carbonyl (C=O) groups is 1. The summed E-state index contributed by atoms with van der Waals surface area (Å²) in [7, 11) is 2.13. The fourth-order valence-electron chi connectivity index (χ4n) is 3.78. The van der Waals surface area contributed by atoms with Crippen LogP contribution in [-0.2, 0) is 0 Å². The minimum atomic E-state index is -0.535. The van der Waals surface area contributed by atoms with Crippen molar-refractivity contribution in [1.29, 1.82) is 0 Å². The minimum absolute atomic E-state index is 0.241. The number of hydrogen-bond donors (Lipinski definition) is 1. The Labute approximate surface area is 168 Å². The number of nitrogens with zero attached hydrogens (tertiary/aromatic N) is 4. The summed E-state index contributed by atoms with van der Waals surface area (Å²) in [5, 5.41) is 2.87. The zero-order valence-corrected chi connectivity index (χ0v) is 16.2. The fraction of sp³-hybridized carbons (Fsp3) is 0.333. The van der Waals surface area contributed by atoms with Gasteiger partial charge in [-0.25, -0.2) is 9.78 Å². The highest BCUT2D eigenvalue weighted by atomic mass is 16.7. The Morgan fingerprint density at radius 3 is 2.52 bits per heavy atom. The van der Waals surface area contributed by atoms with Gasteiger partial charge in [-0.3, -0.25) is 4.57 Å². The molecule has 29 heavy (non-hydrogen) atoms. The Kier molecular flexibility index (Phi) is 4.48. The first-order valence-corrected chi connectivity index (χ1v) is 9.79. The molecular formula is C21H23N5O3. The van der Waals surface area contributed by atoms with Crippen LogP contribution in [0, 0.1) is 0 Å². The third-order valence-electron chi connectivity index (χ3n) is 5.40. The van der Waals surface area contributed by atoms with Gasteiger partial charge in [-0.1, -0.05) is 18.2 Å². The van der Waals surface area contributed by atoms with Crippen molar-refractivity contribution in [3.63, 3.8) is 0 Å². The molecule has 0 bridgehead atoms. The van der Waals surface area contributed by atoms with Crippen molar-refractivity contribution in [2.24, 2.45) is 0 Å². The first-order chi connectivity index (χ1) is 14.2. The maximum Gasteiger partial charge on any atom is 0.327 e. The van der Waals surface area contributed by atoms with Crippen molar-refractivity contribution in [2.75, 3.05) is 44.7 Å². The van der Waals surface area contributed by atoms with Crippen molar-refractivity contribution in [2.45, 2.75) is 6.29 Å². The van der Waals surface area contributed by atoms with E-state index in [1.54, 1.807) is 6.33 Å². The molecule has 150 valence electrons. The maximum absolute atomic E-state index is 12.8. The number of benzene rings is 2. The van der Waals surface area contributed by atoms with E-state index in [1.807, 2.05) is 36.4 Å². The highest BCUT2D eigenvalue weighted by Gasteiger charge is 2.25. The Balaban J connectivity index is 1.29. The molecule has 2 aromatic carbocycles. The van der Waals surface area contributed by atoms with E-state index in [1.165, 1.54) is 4.57 Å². The van der Waals surface area contributed by atoms with Gasteiger partial charge in [0.15, 0.2) is 11.5 Å². The van der Waals surface area contributed by atoms with Crippen LogP contribution < -0.4 is 19.7 Å². The average molecular weight is 393 g/mol. The first kappa shape index (κ1) is 17.8. The number of carbonyl (C=O) groups excluding carboxylic acids is 1. The summed E-state index contributed by atoms with van der Waals surface area (Å²) in [5.41, 5.74) is 2.70. The smallest absolute Gasteiger partial charge is 0.327 e. The van der Waals surface area contributed by atoms with E-state index in [4.69, 9.17) is 9.47 Å². The van der Waals surface area contributed by atoms with Crippen LogP contribution in [0.15, 0.2) is 48.8 Å². The number of para-hydroxylation sites is 3. The summed E-state index contributed by atoms with van der Waals surface area (Å²) >= 11 is 0. The van der Waals surface area contributed by atoms with Gasteiger partial charge in [0.05, 0.1) is 17.7 Å². The second kappa shape index (κ2) is 7.29. The van der Waals surface area contributed by atoms with Gasteiger partial charge in [-0.05, 0) is 31.3 Å². The van der Waals surface area contributed by atoms with Crippen molar-refractivity contribution in [3.8, 4) is 11.5 Å². The molecule has 0 saturated carbocycles. The molecule has 0 radical (unpaired) electrons. The lowest BCUT2D eigenvalue weighted by Crippen LogP contribution is -2.44. The molecule has 0 spiro atoms. The Hall–Kier alpha value is -3.26. The number of hydrogen-bond acceptors (Lipinski definition) is 6. The number of nitrogens with one attached hydrogen (secondary N) is 1. The minimum Gasteiger partial charge on any atom is -0.449 e. The monoisotopic (exact) mass is 393 g/mol. The van der Waals surface area contributed by atoms with Crippen LogP contribution >= 0.6 is 0 Å². The number of aromatic nitrogens is 2. The molecule has 2 aliphatic heterocycles. The molecule has 0 aliphatic carbocycles. The molecule has 1 saturated heterocycles. The number of imidazole rings is 1. The third-order valence-corrected chi connectivity index (χ3v) is 5.40. The lowest BCUT2D eigenvalue weighted by Gasteiger charge is -2.34. The van der Waals surface area contributed by atoms with Gasteiger partial charge >= 0.3 is 6.03 Å². The fourth-order valence-corrected chi connectivity index (χ4v) is 3.78. The van der Waals surface area contributed by atoms with Crippen LogP contribution in [0.4, 0.5) is 10.5 Å². The van der Waals surface area contributed by atoms with Gasteiger partial charge in [-0.2, -0.15) is 0 Å². The quantitative estimate of drug-likeness (QED) is 0.735. The number of likely N-dealkylation sites (N-methyl/N-ethyl adjacent to an activating group) is 1. The third kappa shape index (κ3) is 3.36. The SMILES string of the molecule is CN1CCN(c2cccc3c2ncn3C(=O)NCC2Oc3ccccc3O2)CC1. The van der Waals surface area contributed by atoms with Crippen molar-refractivity contribution >= 4 is 22.8 Å². The van der Waals surface area contributed by atoms with Crippen LogP contribution in [0.25, 0.3) is 11.0 Å². The van der Waals surface area contributed by atoms with E-state index >= 15 is 0 Å². The van der Waals surface area contributed by atoms with E-state index in [0.29, 0.717) is 11.5 Å². The Bertz CT molecular complexity index is 1020. The summed E-state index contributed by atoms with van der Waals surface area (Å²) < 4.78 is 12.9. The summed E-state index contributed by atoms with van der Waals surface area (Å²) in [4.78, 5) is 21.9. The number of ether oxygens (including phenoxy) is 2. The van der Waals surface area contributed by atoms with Crippen molar-refractivity contribution in [1.82, 2.24) is 19.8 Å². The molecule has 1 amide bonds. The molecule has 5 rings (SSSR count). The molecule has 3 aromatic rings. The largest absolute Gasteiger partial charge is 0.449 e. The summed E-state index contributed by atoms with van der Waals surface area (Å²) in [5.74, 6) is 1.38. The van der Waals surface area contributed by atoms with Crippen LogP contribution in [-0.4, -0.2) is 66.5 Å². The van der Waals surface area contributed by atoms with E-state index in [-0.39, 0.29) is 12.6 Å². The van der Waals surface area contributed by atoms with Crippen molar-refractivity contribution in [3.05, 3.63) is 48.8 Å². The molecule has 3 heterocycles. The predicted molar refractivity (Wildman–Crippen MR) is 110 cm³/mol. The molecule has 0 atom stereocenters. The predicted octanol–water partition coefficient (Wildman–Crippen LogP) is 2.14. The Morgan fingerprint density at radius 1 is 1.07 bits per heavy atom. The van der Waals surface area contributed by atoms with Gasteiger partial charge in [0.1, 0.15) is 11.8 Å². The lowest BCUT2D eigenvalue weighted by molar-refractivity contribution is 0.0520. The van der Waals surface area contributed by atoms with Crippen LogP contribution in [0.2, 0.25) is 0 Å². The molecule has 1 fully saturated rings. The summed E-state index contributed by atoms with van der Waals surface area (Å²) in [6.45, 7) is 4.17. The van der Waals surface area contributed by atoms with E-state index in [0.717, 1.165) is 42.9 Å². The van der Waals surface area contributed by atoms with E-state index in [2.05, 4.69) is 33.2 Å². The number of piperazine rings is 1. The molecular weight excluding hydrogens is 370 g/mol. The van der Waals surface area contributed by atoms with Gasteiger partial charge in [-0.15, -0.1) is 0 Å². The number of anilines is 1. The number of rotatable bonds is 3. The highest BCUT2D eigenvalue weighted by molar-refractivity contribution is 5.95. The topological polar surface area (TPSA) is 71.9 Å². The molecule has 1 aromatic heterocycles. The molecule has 1 N–H and O–H groups in total. The van der Waals surface area contributed by atoms with Crippen LogP contribution in [0.5, 0.6) is 11.5 Å². The summed E-state index contributed by atoms with van der Waals surface area (Å²) in [6.07, 6.45) is 1.04. The standard InChI is InChI=1S/C21H23N5O3/c1-24-9-11-25(12-10-24)15-5-4-6-16-20(15)23-14-26(16)21(27)22-13-19-28-17-7-2-3-8-18(17)29-19/h2-8,14,19H,9-13H2,1H3,(H,22,27). The number of amides is 1. The second-order valence-corrected chi connectivity index (χ2v) is 7.35. The lowest BCUT2D eigenvalue weighted by atomic mass is 10.2.